The van der Waals surface area contributed by atoms with E-state index >= 15 is 0 Å². The molecule has 1 heterocycles. The lowest BCUT2D eigenvalue weighted by atomic mass is 10.2. The zero-order chi connectivity index (χ0) is 14.4. The van der Waals surface area contributed by atoms with Gasteiger partial charge in [0.05, 0.1) is 22.0 Å². The standard InChI is InChI=1S/C13H13Cl2N3O2.CH4/c1-16-5-9-17-11-10(7(14)4-8(15)12(11)19)13(20)18(9)6-2-3-6;/h4,6,16,19H,2-3,5H2,1H3;1H4. The highest BCUT2D eigenvalue weighted by atomic mass is 35.5. The van der Waals surface area contributed by atoms with Gasteiger partial charge in [-0.15, -0.1) is 0 Å². The van der Waals surface area contributed by atoms with Crippen molar-refractivity contribution in [1.82, 2.24) is 14.9 Å². The van der Waals surface area contributed by atoms with Crippen molar-refractivity contribution in [1.29, 1.82) is 0 Å². The lowest BCUT2D eigenvalue weighted by Gasteiger charge is -2.14. The molecule has 0 unspecified atom stereocenters. The highest BCUT2D eigenvalue weighted by molar-refractivity contribution is 6.39. The van der Waals surface area contributed by atoms with Gasteiger partial charge in [-0.25, -0.2) is 4.98 Å². The highest BCUT2D eigenvalue weighted by Crippen LogP contribution is 2.38. The molecule has 0 bridgehead atoms. The Morgan fingerprint density at radius 3 is 2.67 bits per heavy atom. The Balaban J connectivity index is 0.00000161. The van der Waals surface area contributed by atoms with Gasteiger partial charge in [-0.2, -0.15) is 0 Å². The van der Waals surface area contributed by atoms with E-state index in [-0.39, 0.29) is 45.7 Å². The van der Waals surface area contributed by atoms with Gasteiger partial charge in [0.25, 0.3) is 5.56 Å². The quantitative estimate of drug-likeness (QED) is 0.907. The third-order valence-electron chi connectivity index (χ3n) is 3.38. The van der Waals surface area contributed by atoms with Gasteiger partial charge in [0.15, 0.2) is 5.75 Å². The van der Waals surface area contributed by atoms with E-state index in [0.717, 1.165) is 12.8 Å². The summed E-state index contributed by atoms with van der Waals surface area (Å²) in [6.45, 7) is 0.436. The van der Waals surface area contributed by atoms with Gasteiger partial charge in [-0.1, -0.05) is 30.6 Å². The molecule has 1 aromatic carbocycles. The smallest absolute Gasteiger partial charge is 0.263 e. The normalized spacial score (nSPS) is 14.2. The molecule has 1 fully saturated rings. The number of phenolic OH excluding ortho intramolecular Hbond substituents is 1. The van der Waals surface area contributed by atoms with Crippen LogP contribution in [0.1, 0.15) is 32.1 Å². The number of benzene rings is 1. The summed E-state index contributed by atoms with van der Waals surface area (Å²) in [6.07, 6.45) is 1.92. The minimum Gasteiger partial charge on any atom is -0.504 e. The number of aromatic nitrogens is 2. The van der Waals surface area contributed by atoms with E-state index in [1.807, 2.05) is 0 Å². The van der Waals surface area contributed by atoms with Crippen molar-refractivity contribution in [2.45, 2.75) is 32.9 Å². The largest absolute Gasteiger partial charge is 0.504 e. The Morgan fingerprint density at radius 1 is 1.43 bits per heavy atom. The number of halogens is 2. The maximum absolute atomic E-state index is 12.6. The molecular formula is C14H17Cl2N3O2. The van der Waals surface area contributed by atoms with Crippen molar-refractivity contribution in [2.75, 3.05) is 7.05 Å². The van der Waals surface area contributed by atoms with E-state index < -0.39 is 0 Å². The molecule has 1 saturated carbocycles. The van der Waals surface area contributed by atoms with Crippen LogP contribution in [0.3, 0.4) is 0 Å². The van der Waals surface area contributed by atoms with Crippen LogP contribution in [0.15, 0.2) is 10.9 Å². The van der Waals surface area contributed by atoms with Gasteiger partial charge in [0, 0.05) is 6.04 Å². The predicted molar refractivity (Wildman–Crippen MR) is 85.5 cm³/mol. The number of nitrogens with one attached hydrogen (secondary N) is 1. The lowest BCUT2D eigenvalue weighted by Crippen LogP contribution is -2.27. The molecule has 1 aliphatic carbocycles. The first-order chi connectivity index (χ1) is 9.54. The molecule has 0 atom stereocenters. The number of aromatic hydroxyl groups is 1. The summed E-state index contributed by atoms with van der Waals surface area (Å²) in [7, 11) is 1.78. The Kier molecular flexibility index (Phi) is 4.46. The molecule has 5 nitrogen and oxygen atoms in total. The molecule has 7 heteroatoms. The van der Waals surface area contributed by atoms with Gasteiger partial charge in [-0.05, 0) is 26.0 Å². The molecule has 0 amide bonds. The number of fused-ring (bicyclic) bond motifs is 1. The van der Waals surface area contributed by atoms with E-state index in [1.54, 1.807) is 11.6 Å². The summed E-state index contributed by atoms with van der Waals surface area (Å²) in [4.78, 5) is 17.0. The zero-order valence-corrected chi connectivity index (χ0v) is 12.3. The molecule has 1 aromatic heterocycles. The first-order valence-corrected chi connectivity index (χ1v) is 7.07. The number of nitrogens with zero attached hydrogens (tertiary/aromatic N) is 2. The maximum Gasteiger partial charge on any atom is 0.263 e. The molecule has 1 aliphatic rings. The average Bonchev–Trinajstić information content (AvgIpc) is 3.20. The summed E-state index contributed by atoms with van der Waals surface area (Å²) >= 11 is 12.0. The van der Waals surface area contributed by atoms with E-state index in [0.29, 0.717) is 12.4 Å². The van der Waals surface area contributed by atoms with Gasteiger partial charge >= 0.3 is 0 Å². The topological polar surface area (TPSA) is 67.2 Å². The van der Waals surface area contributed by atoms with Crippen molar-refractivity contribution in [3.8, 4) is 5.75 Å². The second-order valence-electron chi connectivity index (χ2n) is 4.88. The SMILES string of the molecule is C.CNCc1nc2c(O)c(Cl)cc(Cl)c2c(=O)n1C1CC1. The van der Waals surface area contributed by atoms with Gasteiger partial charge < -0.3 is 10.4 Å². The van der Waals surface area contributed by atoms with Gasteiger partial charge in [0.1, 0.15) is 11.3 Å². The third-order valence-corrected chi connectivity index (χ3v) is 3.96. The molecule has 114 valence electrons. The van der Waals surface area contributed by atoms with Crippen LogP contribution in [-0.4, -0.2) is 21.7 Å². The fraction of sp³-hybridized carbons (Fsp3) is 0.429. The Morgan fingerprint density at radius 2 is 2.10 bits per heavy atom. The second kappa shape index (κ2) is 5.83. The first kappa shape index (κ1) is 16.1. The lowest BCUT2D eigenvalue weighted by molar-refractivity contribution is 0.479. The zero-order valence-electron chi connectivity index (χ0n) is 10.8. The van der Waals surface area contributed by atoms with Crippen LogP contribution in [0.4, 0.5) is 0 Å². The van der Waals surface area contributed by atoms with Crippen LogP contribution in [0.25, 0.3) is 10.9 Å². The fourth-order valence-electron chi connectivity index (χ4n) is 2.32. The first-order valence-electron chi connectivity index (χ1n) is 6.31. The molecular weight excluding hydrogens is 313 g/mol. The van der Waals surface area contributed by atoms with Crippen molar-refractivity contribution < 1.29 is 5.11 Å². The van der Waals surface area contributed by atoms with Crippen LogP contribution in [-0.2, 0) is 6.54 Å². The van der Waals surface area contributed by atoms with Crippen LogP contribution in [0, 0.1) is 0 Å². The average molecular weight is 330 g/mol. The Bertz CT molecular complexity index is 754. The minimum atomic E-state index is -0.222. The summed E-state index contributed by atoms with van der Waals surface area (Å²) in [6, 6.07) is 1.55. The summed E-state index contributed by atoms with van der Waals surface area (Å²) in [5.74, 6) is 0.379. The van der Waals surface area contributed by atoms with Crippen molar-refractivity contribution in [3.63, 3.8) is 0 Å². The van der Waals surface area contributed by atoms with E-state index in [9.17, 15) is 9.90 Å². The summed E-state index contributed by atoms with van der Waals surface area (Å²) in [5, 5.41) is 13.5. The number of rotatable bonds is 3. The maximum atomic E-state index is 12.6. The number of hydrogen-bond acceptors (Lipinski definition) is 4. The van der Waals surface area contributed by atoms with Gasteiger partial charge in [0.2, 0.25) is 0 Å². The van der Waals surface area contributed by atoms with Crippen LogP contribution in [0.5, 0.6) is 5.75 Å². The Hall–Kier alpha value is -1.30. The van der Waals surface area contributed by atoms with E-state index in [4.69, 9.17) is 23.2 Å². The van der Waals surface area contributed by atoms with E-state index in [2.05, 4.69) is 10.3 Å². The highest BCUT2D eigenvalue weighted by Gasteiger charge is 2.29. The molecule has 0 aliphatic heterocycles. The molecule has 0 saturated heterocycles. The van der Waals surface area contributed by atoms with Crippen LogP contribution >= 0.6 is 23.2 Å². The molecule has 0 spiro atoms. The van der Waals surface area contributed by atoms with Crippen LogP contribution in [0.2, 0.25) is 10.0 Å². The van der Waals surface area contributed by atoms with Crippen LogP contribution < -0.4 is 10.9 Å². The van der Waals surface area contributed by atoms with Crippen molar-refractivity contribution >= 4 is 34.1 Å². The molecule has 0 radical (unpaired) electrons. The Labute approximate surface area is 132 Å². The number of phenols is 1. The summed E-state index contributed by atoms with van der Waals surface area (Å²) in [5.41, 5.74) is -0.0608. The van der Waals surface area contributed by atoms with Crippen molar-refractivity contribution in [2.24, 2.45) is 0 Å². The molecule has 2 N–H and O–H groups in total. The minimum absolute atomic E-state index is 0. The number of hydrogen-bond donors (Lipinski definition) is 2. The van der Waals surface area contributed by atoms with E-state index in [1.165, 1.54) is 6.07 Å². The second-order valence-corrected chi connectivity index (χ2v) is 5.69. The van der Waals surface area contributed by atoms with Crippen molar-refractivity contribution in [3.05, 3.63) is 32.3 Å². The molecule has 2 aromatic rings. The summed E-state index contributed by atoms with van der Waals surface area (Å²) < 4.78 is 1.66. The molecule has 21 heavy (non-hydrogen) atoms. The fourth-order valence-corrected chi connectivity index (χ4v) is 2.86. The van der Waals surface area contributed by atoms with Gasteiger partial charge in [-0.3, -0.25) is 9.36 Å². The monoisotopic (exact) mass is 329 g/mol. The third kappa shape index (κ3) is 2.61. The predicted octanol–water partition coefficient (Wildman–Crippen LogP) is 3.10. The molecule has 3 rings (SSSR count).